The number of aliphatic hydroxyl groups excluding tert-OH is 1. The normalized spacial score (nSPS) is 16.0. The van der Waals surface area contributed by atoms with Crippen LogP contribution in [-0.4, -0.2) is 84.2 Å². The van der Waals surface area contributed by atoms with Crippen LogP contribution in [-0.2, 0) is 11.0 Å². The van der Waals surface area contributed by atoms with Crippen molar-refractivity contribution in [1.29, 1.82) is 0 Å². The Bertz CT molecular complexity index is 939. The standard InChI is InChI=1S/C25H38F3N5O4/c1-5-8-21(34)20(15-32(4)16(3)6-2)30-22(35)14-29-23(36)18-13-17(25(26,27)28)9-10-19(18)31-24(37)33-11-7-12-33/h9-10,13,16,20-21,34H,5-8,11-12,14-15H2,1-4H3,(H,29,36)(H,30,35)(H,31,37)/t16?,20-,21-/m0/s1. The monoisotopic (exact) mass is 529 g/mol. The number of benzene rings is 1. The van der Waals surface area contributed by atoms with E-state index in [1.807, 2.05) is 32.7 Å². The van der Waals surface area contributed by atoms with Gasteiger partial charge in [0, 0.05) is 25.7 Å². The molecule has 9 nitrogen and oxygen atoms in total. The summed E-state index contributed by atoms with van der Waals surface area (Å²) in [5, 5.41) is 18.1. The van der Waals surface area contributed by atoms with E-state index in [1.54, 1.807) is 0 Å². The second-order valence-corrected chi connectivity index (χ2v) is 9.44. The van der Waals surface area contributed by atoms with Crippen LogP contribution in [0.15, 0.2) is 18.2 Å². The molecule has 4 amide bonds. The molecule has 1 fully saturated rings. The molecule has 0 saturated carbocycles. The lowest BCUT2D eigenvalue weighted by Gasteiger charge is -2.31. The van der Waals surface area contributed by atoms with E-state index < -0.39 is 53.8 Å². The van der Waals surface area contributed by atoms with Crippen molar-refractivity contribution < 1.29 is 32.7 Å². The van der Waals surface area contributed by atoms with Crippen LogP contribution in [0.4, 0.5) is 23.7 Å². The molecule has 37 heavy (non-hydrogen) atoms. The average molecular weight is 530 g/mol. The number of alkyl halides is 3. The number of rotatable bonds is 12. The minimum Gasteiger partial charge on any atom is -0.391 e. The molecule has 12 heteroatoms. The van der Waals surface area contributed by atoms with Crippen LogP contribution < -0.4 is 16.0 Å². The number of aliphatic hydroxyl groups is 1. The molecular formula is C25H38F3N5O4. The third-order valence-corrected chi connectivity index (χ3v) is 6.61. The van der Waals surface area contributed by atoms with Crippen molar-refractivity contribution in [3.05, 3.63) is 29.3 Å². The zero-order valence-electron chi connectivity index (χ0n) is 21.8. The highest BCUT2D eigenvalue weighted by molar-refractivity contribution is 6.04. The van der Waals surface area contributed by atoms with E-state index in [0.717, 1.165) is 25.0 Å². The first-order valence-corrected chi connectivity index (χ1v) is 12.6. The molecule has 1 unspecified atom stereocenters. The highest BCUT2D eigenvalue weighted by Crippen LogP contribution is 2.32. The van der Waals surface area contributed by atoms with Gasteiger partial charge in [-0.3, -0.25) is 9.59 Å². The number of likely N-dealkylation sites (tertiary alicyclic amines) is 1. The van der Waals surface area contributed by atoms with E-state index in [1.165, 1.54) is 4.90 Å². The maximum atomic E-state index is 13.3. The number of urea groups is 1. The van der Waals surface area contributed by atoms with Crippen LogP contribution in [0.25, 0.3) is 0 Å². The van der Waals surface area contributed by atoms with Gasteiger partial charge in [0.25, 0.3) is 5.91 Å². The van der Waals surface area contributed by atoms with Gasteiger partial charge in [-0.2, -0.15) is 13.2 Å². The number of anilines is 1. The highest BCUT2D eigenvalue weighted by atomic mass is 19.4. The smallest absolute Gasteiger partial charge is 0.391 e. The molecule has 0 aromatic heterocycles. The van der Waals surface area contributed by atoms with Gasteiger partial charge in [-0.05, 0) is 51.4 Å². The maximum absolute atomic E-state index is 13.3. The van der Waals surface area contributed by atoms with Crippen molar-refractivity contribution in [3.63, 3.8) is 0 Å². The van der Waals surface area contributed by atoms with Gasteiger partial charge in [-0.25, -0.2) is 4.79 Å². The van der Waals surface area contributed by atoms with Gasteiger partial charge in [0.2, 0.25) is 5.91 Å². The van der Waals surface area contributed by atoms with Gasteiger partial charge >= 0.3 is 12.2 Å². The quantitative estimate of drug-likeness (QED) is 0.332. The summed E-state index contributed by atoms with van der Waals surface area (Å²) in [6.45, 7) is 6.87. The zero-order valence-corrected chi connectivity index (χ0v) is 21.8. The molecule has 3 atom stereocenters. The van der Waals surface area contributed by atoms with Crippen LogP contribution in [0.1, 0.15) is 62.4 Å². The first-order valence-electron chi connectivity index (χ1n) is 12.6. The van der Waals surface area contributed by atoms with Crippen molar-refractivity contribution in [2.45, 2.75) is 70.8 Å². The predicted octanol–water partition coefficient (Wildman–Crippen LogP) is 3.05. The summed E-state index contributed by atoms with van der Waals surface area (Å²) >= 11 is 0. The molecule has 2 rings (SSSR count). The number of hydrogen-bond donors (Lipinski definition) is 4. The number of carbonyl (C=O) groups excluding carboxylic acids is 3. The molecule has 1 heterocycles. The van der Waals surface area contributed by atoms with Crippen LogP contribution in [0, 0.1) is 0 Å². The molecule has 0 radical (unpaired) electrons. The van der Waals surface area contributed by atoms with Crippen molar-refractivity contribution in [2.24, 2.45) is 0 Å². The molecule has 1 aliphatic rings. The van der Waals surface area contributed by atoms with E-state index in [2.05, 4.69) is 16.0 Å². The SMILES string of the molecule is CCC[C@H](O)[C@H](CN(C)C(C)CC)NC(=O)CNC(=O)c1cc(C(F)(F)F)ccc1NC(=O)N1CCC1. The number of nitrogens with one attached hydrogen (secondary N) is 3. The summed E-state index contributed by atoms with van der Waals surface area (Å²) in [6.07, 6.45) is -2.62. The minimum absolute atomic E-state index is 0.0887. The molecule has 0 spiro atoms. The average Bonchev–Trinajstić information content (AvgIpc) is 2.79. The van der Waals surface area contributed by atoms with Gasteiger partial charge in [0.05, 0.1) is 35.5 Å². The Hall–Kier alpha value is -2.86. The molecule has 208 valence electrons. The number of carbonyl (C=O) groups is 3. The second kappa shape index (κ2) is 13.6. The number of halogens is 3. The fourth-order valence-corrected chi connectivity index (χ4v) is 3.81. The van der Waals surface area contributed by atoms with E-state index in [-0.39, 0.29) is 11.7 Å². The fourth-order valence-electron chi connectivity index (χ4n) is 3.81. The van der Waals surface area contributed by atoms with Gasteiger partial charge < -0.3 is 30.9 Å². The number of hydrogen-bond acceptors (Lipinski definition) is 5. The molecule has 4 N–H and O–H groups in total. The molecule has 1 aliphatic heterocycles. The van der Waals surface area contributed by atoms with Gasteiger partial charge in [0.15, 0.2) is 0 Å². The third-order valence-electron chi connectivity index (χ3n) is 6.61. The molecule has 1 saturated heterocycles. The lowest BCUT2D eigenvalue weighted by atomic mass is 10.0. The first kappa shape index (κ1) is 30.4. The van der Waals surface area contributed by atoms with Gasteiger partial charge in [-0.1, -0.05) is 20.3 Å². The summed E-state index contributed by atoms with van der Waals surface area (Å²) in [4.78, 5) is 41.2. The minimum atomic E-state index is -4.70. The molecule has 1 aromatic carbocycles. The van der Waals surface area contributed by atoms with Crippen molar-refractivity contribution >= 4 is 23.5 Å². The van der Waals surface area contributed by atoms with E-state index in [9.17, 15) is 32.7 Å². The lowest BCUT2D eigenvalue weighted by molar-refractivity contribution is -0.137. The highest BCUT2D eigenvalue weighted by Gasteiger charge is 2.32. The van der Waals surface area contributed by atoms with E-state index in [4.69, 9.17) is 0 Å². The maximum Gasteiger partial charge on any atom is 0.416 e. The summed E-state index contributed by atoms with van der Waals surface area (Å²) in [7, 11) is 1.89. The van der Waals surface area contributed by atoms with E-state index in [0.29, 0.717) is 38.5 Å². The van der Waals surface area contributed by atoms with Crippen LogP contribution in [0.3, 0.4) is 0 Å². The van der Waals surface area contributed by atoms with Crippen molar-refractivity contribution in [1.82, 2.24) is 20.4 Å². The Morgan fingerprint density at radius 1 is 1.19 bits per heavy atom. The summed E-state index contributed by atoms with van der Waals surface area (Å²) in [5.74, 6) is -1.54. The second-order valence-electron chi connectivity index (χ2n) is 9.44. The Morgan fingerprint density at radius 3 is 2.41 bits per heavy atom. The van der Waals surface area contributed by atoms with Gasteiger partial charge in [0.1, 0.15) is 0 Å². The van der Waals surface area contributed by atoms with Crippen molar-refractivity contribution in [2.75, 3.05) is 38.5 Å². The van der Waals surface area contributed by atoms with Gasteiger partial charge in [-0.15, -0.1) is 0 Å². The zero-order chi connectivity index (χ0) is 27.8. The summed E-state index contributed by atoms with van der Waals surface area (Å²) in [5.41, 5.74) is -1.55. The van der Waals surface area contributed by atoms with Crippen molar-refractivity contribution in [3.8, 4) is 0 Å². The largest absolute Gasteiger partial charge is 0.416 e. The van der Waals surface area contributed by atoms with Crippen LogP contribution in [0.5, 0.6) is 0 Å². The Balaban J connectivity index is 2.11. The fraction of sp³-hybridized carbons (Fsp3) is 0.640. The summed E-state index contributed by atoms with van der Waals surface area (Å²) < 4.78 is 39.8. The number of amides is 4. The Morgan fingerprint density at radius 2 is 1.86 bits per heavy atom. The first-order chi connectivity index (χ1) is 17.4. The number of nitrogens with zero attached hydrogens (tertiary/aromatic N) is 2. The lowest BCUT2D eigenvalue weighted by Crippen LogP contribution is -2.53. The molecule has 1 aromatic rings. The van der Waals surface area contributed by atoms with Crippen LogP contribution >= 0.6 is 0 Å². The topological polar surface area (TPSA) is 114 Å². The predicted molar refractivity (Wildman–Crippen MR) is 134 cm³/mol. The Kier molecular flexibility index (Phi) is 11.2. The third kappa shape index (κ3) is 8.89. The molecule has 0 bridgehead atoms. The number of likely N-dealkylation sites (N-methyl/N-ethyl adjacent to an activating group) is 1. The van der Waals surface area contributed by atoms with Crippen LogP contribution in [0.2, 0.25) is 0 Å². The summed E-state index contributed by atoms with van der Waals surface area (Å²) in [6, 6.07) is 1.56. The van der Waals surface area contributed by atoms with E-state index >= 15 is 0 Å². The molecule has 0 aliphatic carbocycles. The Labute approximate surface area is 215 Å². The molecular weight excluding hydrogens is 491 g/mol.